The first kappa shape index (κ1) is 21.0. The highest BCUT2D eigenvalue weighted by Crippen LogP contribution is 2.25. The average Bonchev–Trinajstić information content (AvgIpc) is 3.24. The Hall–Kier alpha value is -3.28. The number of aryl methyl sites for hydroxylation is 1. The van der Waals surface area contributed by atoms with Crippen LogP contribution in [0.3, 0.4) is 0 Å². The number of hydrogen-bond acceptors (Lipinski definition) is 4. The molecule has 0 bridgehead atoms. The second kappa shape index (κ2) is 10.2. The fraction of sp³-hybridized carbons (Fsp3) is 0.154. The lowest BCUT2D eigenvalue weighted by Crippen LogP contribution is -2.32. The van der Waals surface area contributed by atoms with Gasteiger partial charge in [0.1, 0.15) is 0 Å². The third-order valence-electron chi connectivity index (χ3n) is 4.96. The van der Waals surface area contributed by atoms with Gasteiger partial charge in [-0.3, -0.25) is 9.69 Å². The van der Waals surface area contributed by atoms with Crippen molar-refractivity contribution in [2.75, 3.05) is 11.9 Å². The molecule has 1 heterocycles. The van der Waals surface area contributed by atoms with Crippen LogP contribution in [0.1, 0.15) is 16.7 Å². The summed E-state index contributed by atoms with van der Waals surface area (Å²) in [7, 11) is 0. The molecule has 0 fully saturated rings. The Bertz CT molecular complexity index is 1070. The van der Waals surface area contributed by atoms with Crippen molar-refractivity contribution in [2.45, 2.75) is 20.0 Å². The van der Waals surface area contributed by atoms with Crippen molar-refractivity contribution in [3.8, 4) is 11.3 Å². The van der Waals surface area contributed by atoms with Gasteiger partial charge in [0, 0.05) is 24.0 Å². The molecule has 156 valence electrons. The molecule has 0 atom stereocenters. The van der Waals surface area contributed by atoms with E-state index in [2.05, 4.69) is 70.7 Å². The van der Waals surface area contributed by atoms with Crippen LogP contribution in [0.5, 0.6) is 0 Å². The lowest BCUT2D eigenvalue weighted by molar-refractivity contribution is -0.117. The zero-order valence-corrected chi connectivity index (χ0v) is 18.3. The Morgan fingerprint density at radius 2 is 1.45 bits per heavy atom. The molecule has 1 aromatic heterocycles. The second-order valence-electron chi connectivity index (χ2n) is 7.57. The van der Waals surface area contributed by atoms with Gasteiger partial charge in [0.05, 0.1) is 12.2 Å². The predicted octanol–water partition coefficient (Wildman–Crippen LogP) is 5.76. The SMILES string of the molecule is Cc1ccc(-c2csc(NC(=O)CN(Cc3ccccc3)Cc3ccccc3)n2)cc1. The highest BCUT2D eigenvalue weighted by atomic mass is 32.1. The summed E-state index contributed by atoms with van der Waals surface area (Å²) in [4.78, 5) is 19.5. The fourth-order valence-corrected chi connectivity index (χ4v) is 4.14. The number of aromatic nitrogens is 1. The summed E-state index contributed by atoms with van der Waals surface area (Å²) in [6.45, 7) is 3.77. The van der Waals surface area contributed by atoms with Crippen LogP contribution in [0.25, 0.3) is 11.3 Å². The smallest absolute Gasteiger partial charge is 0.240 e. The molecule has 0 spiro atoms. The van der Waals surface area contributed by atoms with Gasteiger partial charge in [-0.05, 0) is 18.1 Å². The van der Waals surface area contributed by atoms with Crippen LogP contribution in [-0.4, -0.2) is 22.3 Å². The summed E-state index contributed by atoms with van der Waals surface area (Å²) in [6.07, 6.45) is 0. The molecule has 0 saturated heterocycles. The van der Waals surface area contributed by atoms with E-state index < -0.39 is 0 Å². The summed E-state index contributed by atoms with van der Waals surface area (Å²) in [6, 6.07) is 28.7. The van der Waals surface area contributed by atoms with E-state index in [1.807, 2.05) is 41.8 Å². The van der Waals surface area contributed by atoms with E-state index in [-0.39, 0.29) is 5.91 Å². The van der Waals surface area contributed by atoms with Crippen molar-refractivity contribution >= 4 is 22.4 Å². The van der Waals surface area contributed by atoms with E-state index >= 15 is 0 Å². The zero-order chi connectivity index (χ0) is 21.5. The number of thiazole rings is 1. The standard InChI is InChI=1S/C26H25N3OS/c1-20-12-14-23(15-13-20)24-19-31-26(27-24)28-25(30)18-29(16-21-8-4-2-5-9-21)17-22-10-6-3-7-11-22/h2-15,19H,16-18H2,1H3,(H,27,28,30). The van der Waals surface area contributed by atoms with Crippen molar-refractivity contribution in [2.24, 2.45) is 0 Å². The predicted molar refractivity (Wildman–Crippen MR) is 128 cm³/mol. The summed E-state index contributed by atoms with van der Waals surface area (Å²) in [5.74, 6) is -0.0586. The molecule has 4 aromatic rings. The minimum Gasteiger partial charge on any atom is -0.301 e. The maximum absolute atomic E-state index is 12.8. The molecule has 0 unspecified atom stereocenters. The molecule has 0 aliphatic carbocycles. The van der Waals surface area contributed by atoms with E-state index in [4.69, 9.17) is 0 Å². The Balaban J connectivity index is 1.42. The lowest BCUT2D eigenvalue weighted by atomic mass is 10.1. The van der Waals surface area contributed by atoms with Crippen molar-refractivity contribution in [1.82, 2.24) is 9.88 Å². The molecular formula is C26H25N3OS. The number of hydrogen-bond donors (Lipinski definition) is 1. The minimum atomic E-state index is -0.0586. The molecule has 31 heavy (non-hydrogen) atoms. The van der Waals surface area contributed by atoms with E-state index in [0.717, 1.165) is 11.3 Å². The molecule has 1 N–H and O–H groups in total. The highest BCUT2D eigenvalue weighted by Gasteiger charge is 2.14. The topological polar surface area (TPSA) is 45.2 Å². The van der Waals surface area contributed by atoms with Gasteiger partial charge in [0.2, 0.25) is 5.91 Å². The van der Waals surface area contributed by atoms with Gasteiger partial charge in [0.25, 0.3) is 0 Å². The van der Waals surface area contributed by atoms with Gasteiger partial charge < -0.3 is 5.32 Å². The van der Waals surface area contributed by atoms with Crippen LogP contribution in [0.15, 0.2) is 90.3 Å². The van der Waals surface area contributed by atoms with Gasteiger partial charge in [-0.25, -0.2) is 4.98 Å². The first-order valence-electron chi connectivity index (χ1n) is 10.3. The van der Waals surface area contributed by atoms with Gasteiger partial charge in [-0.1, -0.05) is 90.5 Å². The number of rotatable bonds is 8. The number of carbonyl (C=O) groups is 1. The first-order valence-corrected chi connectivity index (χ1v) is 11.2. The molecule has 1 amide bonds. The van der Waals surface area contributed by atoms with Crippen molar-refractivity contribution in [3.05, 3.63) is 107 Å². The normalized spacial score (nSPS) is 10.9. The molecule has 0 saturated carbocycles. The van der Waals surface area contributed by atoms with E-state index in [1.165, 1.54) is 28.0 Å². The molecule has 4 rings (SSSR count). The van der Waals surface area contributed by atoms with E-state index in [0.29, 0.717) is 24.8 Å². The minimum absolute atomic E-state index is 0.0586. The maximum atomic E-state index is 12.8. The van der Waals surface area contributed by atoms with Crippen molar-refractivity contribution < 1.29 is 4.79 Å². The van der Waals surface area contributed by atoms with Crippen LogP contribution in [-0.2, 0) is 17.9 Å². The lowest BCUT2D eigenvalue weighted by Gasteiger charge is -2.22. The molecule has 3 aromatic carbocycles. The Labute approximate surface area is 187 Å². The summed E-state index contributed by atoms with van der Waals surface area (Å²) in [5, 5.41) is 5.58. The number of nitrogens with zero attached hydrogens (tertiary/aromatic N) is 2. The number of anilines is 1. The fourth-order valence-electron chi connectivity index (χ4n) is 3.40. The zero-order valence-electron chi connectivity index (χ0n) is 17.5. The van der Waals surface area contributed by atoms with Crippen LogP contribution in [0, 0.1) is 6.92 Å². The first-order chi connectivity index (χ1) is 15.2. The Morgan fingerprint density at radius 3 is 2.03 bits per heavy atom. The van der Waals surface area contributed by atoms with Crippen molar-refractivity contribution in [3.63, 3.8) is 0 Å². The van der Waals surface area contributed by atoms with Crippen LogP contribution in [0.4, 0.5) is 5.13 Å². The summed E-state index contributed by atoms with van der Waals surface area (Å²) >= 11 is 1.45. The molecular weight excluding hydrogens is 402 g/mol. The number of carbonyl (C=O) groups excluding carboxylic acids is 1. The van der Waals surface area contributed by atoms with E-state index in [9.17, 15) is 4.79 Å². The molecule has 0 radical (unpaired) electrons. The Morgan fingerprint density at radius 1 is 0.871 bits per heavy atom. The van der Waals surface area contributed by atoms with Crippen LogP contribution in [0.2, 0.25) is 0 Å². The third kappa shape index (κ3) is 6.10. The van der Waals surface area contributed by atoms with Crippen molar-refractivity contribution in [1.29, 1.82) is 0 Å². The van der Waals surface area contributed by atoms with Gasteiger partial charge in [0.15, 0.2) is 5.13 Å². The number of benzene rings is 3. The molecule has 0 aliphatic rings. The third-order valence-corrected chi connectivity index (χ3v) is 5.72. The van der Waals surface area contributed by atoms with Gasteiger partial charge in [-0.15, -0.1) is 11.3 Å². The molecule has 5 heteroatoms. The summed E-state index contributed by atoms with van der Waals surface area (Å²) in [5.41, 5.74) is 5.51. The van der Waals surface area contributed by atoms with Gasteiger partial charge in [-0.2, -0.15) is 0 Å². The quantitative estimate of drug-likeness (QED) is 0.389. The monoisotopic (exact) mass is 427 g/mol. The number of nitrogens with one attached hydrogen (secondary N) is 1. The number of amides is 1. The molecule has 4 nitrogen and oxygen atoms in total. The van der Waals surface area contributed by atoms with Crippen LogP contribution >= 0.6 is 11.3 Å². The Kier molecular flexibility index (Phi) is 6.87. The second-order valence-corrected chi connectivity index (χ2v) is 8.43. The average molecular weight is 428 g/mol. The molecule has 0 aliphatic heterocycles. The largest absolute Gasteiger partial charge is 0.301 e. The highest BCUT2D eigenvalue weighted by molar-refractivity contribution is 7.14. The van der Waals surface area contributed by atoms with Gasteiger partial charge >= 0.3 is 0 Å². The van der Waals surface area contributed by atoms with Crippen LogP contribution < -0.4 is 5.32 Å². The van der Waals surface area contributed by atoms with E-state index in [1.54, 1.807) is 0 Å². The maximum Gasteiger partial charge on any atom is 0.240 e. The summed E-state index contributed by atoms with van der Waals surface area (Å²) < 4.78 is 0.